The van der Waals surface area contributed by atoms with E-state index in [4.69, 9.17) is 0 Å². The van der Waals surface area contributed by atoms with Gasteiger partial charge in [-0.2, -0.15) is 0 Å². The van der Waals surface area contributed by atoms with Gasteiger partial charge in [-0.3, -0.25) is 4.40 Å². The molecule has 0 fully saturated rings. The third-order valence-electron chi connectivity index (χ3n) is 3.05. The largest absolute Gasteiger partial charge is 0.494 e. The van der Waals surface area contributed by atoms with Gasteiger partial charge in [-0.1, -0.05) is 35.9 Å². The van der Waals surface area contributed by atoms with E-state index in [0.717, 1.165) is 11.3 Å². The maximum absolute atomic E-state index is 9.90. The molecule has 3 nitrogen and oxygen atoms in total. The van der Waals surface area contributed by atoms with Gasteiger partial charge in [-0.15, -0.1) is 0 Å². The van der Waals surface area contributed by atoms with Gasteiger partial charge >= 0.3 is 0 Å². The smallest absolute Gasteiger partial charge is 0.197 e. The Morgan fingerprint density at radius 2 is 2.00 bits per heavy atom. The number of rotatable bonds is 2. The highest BCUT2D eigenvalue weighted by atomic mass is 16.3. The molecule has 3 aromatic rings. The van der Waals surface area contributed by atoms with Crippen molar-refractivity contribution in [2.45, 2.75) is 13.3 Å². The second-order valence-corrected chi connectivity index (χ2v) is 4.48. The predicted octanol–water partition coefficient (Wildman–Crippen LogP) is 2.94. The van der Waals surface area contributed by atoms with Gasteiger partial charge in [-0.05, 0) is 24.6 Å². The van der Waals surface area contributed by atoms with Crippen LogP contribution < -0.4 is 0 Å². The summed E-state index contributed by atoms with van der Waals surface area (Å²) in [7, 11) is 0. The molecular weight excluding hydrogens is 224 g/mol. The molecule has 2 heterocycles. The van der Waals surface area contributed by atoms with Crippen molar-refractivity contribution in [2.75, 3.05) is 0 Å². The van der Waals surface area contributed by atoms with Crippen LogP contribution in [0.5, 0.6) is 5.88 Å². The maximum Gasteiger partial charge on any atom is 0.197 e. The fourth-order valence-corrected chi connectivity index (χ4v) is 2.22. The Balaban J connectivity index is 2.05. The Bertz CT molecular complexity index is 701. The summed E-state index contributed by atoms with van der Waals surface area (Å²) in [6.45, 7) is 2.07. The second kappa shape index (κ2) is 4.18. The van der Waals surface area contributed by atoms with E-state index in [1.54, 1.807) is 16.7 Å². The molecule has 18 heavy (non-hydrogen) atoms. The van der Waals surface area contributed by atoms with E-state index in [0.29, 0.717) is 6.42 Å². The molecule has 2 aromatic heterocycles. The molecule has 0 saturated heterocycles. The van der Waals surface area contributed by atoms with Crippen LogP contribution in [0.15, 0.2) is 48.7 Å². The summed E-state index contributed by atoms with van der Waals surface area (Å²) in [5, 5.41) is 9.90. The van der Waals surface area contributed by atoms with E-state index in [-0.39, 0.29) is 5.88 Å². The zero-order valence-corrected chi connectivity index (χ0v) is 10.2. The Kier molecular flexibility index (Phi) is 2.52. The summed E-state index contributed by atoms with van der Waals surface area (Å²) in [6, 6.07) is 13.8. The summed E-state index contributed by atoms with van der Waals surface area (Å²) >= 11 is 0. The fraction of sp³-hybridized carbons (Fsp3) is 0.133. The maximum atomic E-state index is 9.90. The van der Waals surface area contributed by atoms with Crippen LogP contribution in [0.2, 0.25) is 0 Å². The third kappa shape index (κ3) is 1.84. The van der Waals surface area contributed by atoms with E-state index < -0.39 is 0 Å². The highest BCUT2D eigenvalue weighted by molar-refractivity contribution is 5.49. The average molecular weight is 238 g/mol. The van der Waals surface area contributed by atoms with Crippen molar-refractivity contribution in [3.8, 4) is 5.88 Å². The Hall–Kier alpha value is -2.29. The Labute approximate surface area is 105 Å². The lowest BCUT2D eigenvalue weighted by atomic mass is 10.1. The molecule has 3 heteroatoms. The molecule has 0 bridgehead atoms. The van der Waals surface area contributed by atoms with E-state index >= 15 is 0 Å². The second-order valence-electron chi connectivity index (χ2n) is 4.48. The summed E-state index contributed by atoms with van der Waals surface area (Å²) in [5.41, 5.74) is 3.35. The third-order valence-corrected chi connectivity index (χ3v) is 3.05. The van der Waals surface area contributed by atoms with Crippen LogP contribution in [0.3, 0.4) is 0 Å². The quantitative estimate of drug-likeness (QED) is 0.745. The van der Waals surface area contributed by atoms with Crippen molar-refractivity contribution in [3.63, 3.8) is 0 Å². The van der Waals surface area contributed by atoms with E-state index in [9.17, 15) is 5.11 Å². The van der Waals surface area contributed by atoms with Crippen molar-refractivity contribution in [3.05, 3.63) is 65.6 Å². The van der Waals surface area contributed by atoms with Gasteiger partial charge in [0.25, 0.3) is 0 Å². The van der Waals surface area contributed by atoms with Gasteiger partial charge in [0, 0.05) is 6.42 Å². The van der Waals surface area contributed by atoms with Crippen LogP contribution in [-0.2, 0) is 6.42 Å². The zero-order chi connectivity index (χ0) is 12.5. The monoisotopic (exact) mass is 238 g/mol. The van der Waals surface area contributed by atoms with Gasteiger partial charge in [0.15, 0.2) is 5.88 Å². The van der Waals surface area contributed by atoms with Gasteiger partial charge < -0.3 is 5.11 Å². The van der Waals surface area contributed by atoms with Crippen molar-refractivity contribution < 1.29 is 5.11 Å². The number of pyridine rings is 1. The topological polar surface area (TPSA) is 37.5 Å². The minimum Gasteiger partial charge on any atom is -0.494 e. The van der Waals surface area contributed by atoms with E-state index in [1.165, 1.54) is 11.1 Å². The van der Waals surface area contributed by atoms with Gasteiger partial charge in [0.1, 0.15) is 5.82 Å². The number of benzene rings is 1. The molecule has 90 valence electrons. The van der Waals surface area contributed by atoms with Crippen LogP contribution in [-0.4, -0.2) is 14.5 Å². The highest BCUT2D eigenvalue weighted by Crippen LogP contribution is 2.18. The van der Waals surface area contributed by atoms with Gasteiger partial charge in [0.2, 0.25) is 0 Å². The first-order valence-electron chi connectivity index (χ1n) is 5.94. The normalized spacial score (nSPS) is 10.9. The predicted molar refractivity (Wildman–Crippen MR) is 70.8 cm³/mol. The average Bonchev–Trinajstić information content (AvgIpc) is 2.74. The molecule has 0 saturated carbocycles. The zero-order valence-electron chi connectivity index (χ0n) is 10.2. The summed E-state index contributed by atoms with van der Waals surface area (Å²) < 4.78 is 1.78. The number of nitrogens with zero attached hydrogens (tertiary/aromatic N) is 2. The van der Waals surface area contributed by atoms with Crippen LogP contribution >= 0.6 is 0 Å². The molecule has 0 amide bonds. The molecule has 0 unspecified atom stereocenters. The summed E-state index contributed by atoms with van der Waals surface area (Å²) in [6.07, 6.45) is 2.50. The summed E-state index contributed by atoms with van der Waals surface area (Å²) in [5.74, 6) is 1.08. The molecule has 0 radical (unpaired) electrons. The molecule has 0 aliphatic carbocycles. The molecular formula is C15H14N2O. The minimum absolute atomic E-state index is 0.229. The molecule has 0 atom stereocenters. The molecule has 0 aliphatic rings. The Morgan fingerprint density at radius 1 is 1.17 bits per heavy atom. The first-order chi connectivity index (χ1) is 8.74. The summed E-state index contributed by atoms with van der Waals surface area (Å²) in [4.78, 5) is 4.38. The van der Waals surface area contributed by atoms with Crippen LogP contribution in [0, 0.1) is 6.92 Å². The van der Waals surface area contributed by atoms with Crippen molar-refractivity contribution in [1.29, 1.82) is 0 Å². The first-order valence-corrected chi connectivity index (χ1v) is 5.94. The van der Waals surface area contributed by atoms with Crippen molar-refractivity contribution in [1.82, 2.24) is 9.38 Å². The standard InChI is InChI=1S/C15H14N2O/c1-11-4-2-5-12(8-11)9-14-16-10-13-6-3-7-15(18)17(13)14/h2-8,10,18H,9H2,1H3. The van der Waals surface area contributed by atoms with E-state index in [1.807, 2.05) is 18.2 Å². The van der Waals surface area contributed by atoms with Crippen LogP contribution in [0.25, 0.3) is 5.52 Å². The highest BCUT2D eigenvalue weighted by Gasteiger charge is 2.07. The molecule has 3 rings (SSSR count). The Morgan fingerprint density at radius 3 is 2.83 bits per heavy atom. The molecule has 1 aromatic carbocycles. The van der Waals surface area contributed by atoms with Crippen LogP contribution in [0.4, 0.5) is 0 Å². The number of aryl methyl sites for hydroxylation is 1. The van der Waals surface area contributed by atoms with Crippen molar-refractivity contribution >= 4 is 5.52 Å². The fourth-order valence-electron chi connectivity index (χ4n) is 2.22. The van der Waals surface area contributed by atoms with E-state index in [2.05, 4.69) is 30.1 Å². The number of aromatic hydroxyl groups is 1. The lowest BCUT2D eigenvalue weighted by molar-refractivity contribution is 0.443. The molecule has 0 aliphatic heterocycles. The number of aromatic nitrogens is 2. The lowest BCUT2D eigenvalue weighted by Crippen LogP contribution is -1.97. The molecule has 0 spiro atoms. The van der Waals surface area contributed by atoms with Gasteiger partial charge in [-0.25, -0.2) is 4.98 Å². The number of fused-ring (bicyclic) bond motifs is 1. The van der Waals surface area contributed by atoms with Gasteiger partial charge in [0.05, 0.1) is 11.7 Å². The lowest BCUT2D eigenvalue weighted by Gasteiger charge is -2.04. The first kappa shape index (κ1) is 10.8. The molecule has 1 N–H and O–H groups in total. The number of hydrogen-bond donors (Lipinski definition) is 1. The number of hydrogen-bond acceptors (Lipinski definition) is 2. The number of imidazole rings is 1. The minimum atomic E-state index is 0.229. The SMILES string of the molecule is Cc1cccc(Cc2ncc3cccc(O)n23)c1. The van der Waals surface area contributed by atoms with Crippen LogP contribution in [0.1, 0.15) is 17.0 Å². The van der Waals surface area contributed by atoms with Crippen molar-refractivity contribution in [2.24, 2.45) is 0 Å².